The molecule has 0 saturated heterocycles. The molecule has 0 unspecified atom stereocenters. The molecule has 0 amide bonds. The van der Waals surface area contributed by atoms with Crippen molar-refractivity contribution in [2.45, 2.75) is 38.0 Å². The number of pyridine rings is 1. The fourth-order valence-corrected chi connectivity index (χ4v) is 2.71. The summed E-state index contributed by atoms with van der Waals surface area (Å²) in [6, 6.07) is 14.2. The van der Waals surface area contributed by atoms with E-state index in [1.807, 2.05) is 30.5 Å². The Bertz CT molecular complexity index is 597. The summed E-state index contributed by atoms with van der Waals surface area (Å²) in [7, 11) is 0. The summed E-state index contributed by atoms with van der Waals surface area (Å²) in [5.41, 5.74) is 3.03. The topological polar surface area (TPSA) is 30.0 Å². The highest BCUT2D eigenvalue weighted by Gasteiger charge is 2.50. The molecule has 1 aliphatic carbocycles. The molecule has 1 aromatic carbocycles. The summed E-state index contributed by atoms with van der Waals surface area (Å²) in [6.07, 6.45) is 5.25. The van der Waals surface area contributed by atoms with E-state index in [0.717, 1.165) is 30.5 Å². The maximum Gasteiger partial charge on any atom is 0.149 e. The summed E-state index contributed by atoms with van der Waals surface area (Å²) in [5.74, 6) is 0.306. The fourth-order valence-electron chi connectivity index (χ4n) is 2.71. The van der Waals surface area contributed by atoms with Crippen molar-refractivity contribution in [2.75, 3.05) is 0 Å². The Morgan fingerprint density at radius 1 is 1.15 bits per heavy atom. The molecule has 2 nitrogen and oxygen atoms in total. The van der Waals surface area contributed by atoms with Gasteiger partial charge in [-0.25, -0.2) is 0 Å². The predicted molar refractivity (Wildman–Crippen MR) is 79.7 cm³/mol. The highest BCUT2D eigenvalue weighted by atomic mass is 16.1. The Morgan fingerprint density at radius 3 is 2.45 bits per heavy atom. The Hall–Kier alpha value is -1.96. The zero-order valence-electron chi connectivity index (χ0n) is 11.8. The van der Waals surface area contributed by atoms with Crippen LogP contribution in [0.1, 0.15) is 36.6 Å². The van der Waals surface area contributed by atoms with Crippen LogP contribution in [0.2, 0.25) is 0 Å². The molecule has 0 bridgehead atoms. The molecule has 1 aliphatic rings. The number of hydrogen-bond donors (Lipinski definition) is 0. The van der Waals surface area contributed by atoms with Crippen molar-refractivity contribution in [3.63, 3.8) is 0 Å². The van der Waals surface area contributed by atoms with Gasteiger partial charge in [0.05, 0.1) is 5.41 Å². The molecule has 1 heterocycles. The van der Waals surface area contributed by atoms with Crippen molar-refractivity contribution >= 4 is 5.78 Å². The summed E-state index contributed by atoms with van der Waals surface area (Å²) in [5, 5.41) is 0. The van der Waals surface area contributed by atoms with Gasteiger partial charge in [-0.3, -0.25) is 9.78 Å². The lowest BCUT2D eigenvalue weighted by Gasteiger charge is -2.14. The van der Waals surface area contributed by atoms with Gasteiger partial charge in [0, 0.05) is 18.3 Å². The van der Waals surface area contributed by atoms with Crippen LogP contribution in [0.5, 0.6) is 0 Å². The lowest BCUT2D eigenvalue weighted by molar-refractivity contribution is -0.120. The van der Waals surface area contributed by atoms with E-state index in [0.29, 0.717) is 12.2 Å². The standard InChI is InChI=1S/C18H19NO/c1-2-14-8-9-16(19-13-14)12-17(20)18(10-11-18)15-6-4-3-5-7-15/h3-9,13H,2,10-12H2,1H3. The number of carbonyl (C=O) groups is 1. The van der Waals surface area contributed by atoms with Crippen molar-refractivity contribution in [1.29, 1.82) is 0 Å². The van der Waals surface area contributed by atoms with E-state index in [1.165, 1.54) is 5.56 Å². The molecule has 0 radical (unpaired) electrons. The molecule has 0 aliphatic heterocycles. The Kier molecular flexibility index (Phi) is 3.39. The number of Topliss-reactive ketones (excluding diaryl/α,β-unsaturated/α-hetero) is 1. The van der Waals surface area contributed by atoms with E-state index in [-0.39, 0.29) is 5.41 Å². The van der Waals surface area contributed by atoms with Gasteiger partial charge >= 0.3 is 0 Å². The molecule has 3 rings (SSSR count). The predicted octanol–water partition coefficient (Wildman–Crippen LogP) is 3.49. The SMILES string of the molecule is CCc1ccc(CC(=O)C2(c3ccccc3)CC2)nc1. The molecule has 20 heavy (non-hydrogen) atoms. The molecular weight excluding hydrogens is 246 g/mol. The second kappa shape index (κ2) is 5.20. The Labute approximate surface area is 119 Å². The van der Waals surface area contributed by atoms with E-state index in [1.54, 1.807) is 0 Å². The van der Waals surface area contributed by atoms with Crippen LogP contribution >= 0.6 is 0 Å². The smallest absolute Gasteiger partial charge is 0.149 e. The Balaban J connectivity index is 1.76. The van der Waals surface area contributed by atoms with Crippen LogP contribution in [-0.4, -0.2) is 10.8 Å². The molecule has 1 saturated carbocycles. The summed E-state index contributed by atoms with van der Waals surface area (Å²) >= 11 is 0. The first kappa shape index (κ1) is 13.0. The molecule has 2 heteroatoms. The van der Waals surface area contributed by atoms with Crippen molar-refractivity contribution in [1.82, 2.24) is 4.98 Å². The number of rotatable bonds is 5. The third-order valence-electron chi connectivity index (χ3n) is 4.25. The third kappa shape index (κ3) is 2.38. The van der Waals surface area contributed by atoms with Gasteiger partial charge in [0.15, 0.2) is 0 Å². The molecule has 1 fully saturated rings. The van der Waals surface area contributed by atoms with Gasteiger partial charge in [0.1, 0.15) is 5.78 Å². The lowest BCUT2D eigenvalue weighted by atomic mass is 9.89. The van der Waals surface area contributed by atoms with Crippen molar-refractivity contribution in [3.8, 4) is 0 Å². The zero-order chi connectivity index (χ0) is 14.0. The average molecular weight is 265 g/mol. The minimum Gasteiger partial charge on any atom is -0.298 e. The van der Waals surface area contributed by atoms with E-state index in [4.69, 9.17) is 0 Å². The highest BCUT2D eigenvalue weighted by molar-refractivity contribution is 5.94. The molecule has 1 aromatic heterocycles. The van der Waals surface area contributed by atoms with E-state index in [9.17, 15) is 4.79 Å². The molecule has 0 N–H and O–H groups in total. The van der Waals surface area contributed by atoms with Gasteiger partial charge in [-0.05, 0) is 36.5 Å². The van der Waals surface area contributed by atoms with Gasteiger partial charge < -0.3 is 0 Å². The van der Waals surface area contributed by atoms with E-state index in [2.05, 4.69) is 30.1 Å². The molecule has 0 atom stereocenters. The molecule has 102 valence electrons. The van der Waals surface area contributed by atoms with Gasteiger partial charge in [-0.1, -0.05) is 43.3 Å². The maximum absolute atomic E-state index is 12.6. The fraction of sp³-hybridized carbons (Fsp3) is 0.333. The van der Waals surface area contributed by atoms with Crippen molar-refractivity contribution in [2.24, 2.45) is 0 Å². The minimum absolute atomic E-state index is 0.230. The van der Waals surface area contributed by atoms with Crippen LogP contribution in [0.15, 0.2) is 48.7 Å². The molecule has 2 aromatic rings. The number of nitrogens with zero attached hydrogens (tertiary/aromatic N) is 1. The van der Waals surface area contributed by atoms with Gasteiger partial charge in [0.25, 0.3) is 0 Å². The number of aryl methyl sites for hydroxylation is 1. The normalized spacial score (nSPS) is 15.8. The summed E-state index contributed by atoms with van der Waals surface area (Å²) in [4.78, 5) is 17.0. The minimum atomic E-state index is -0.230. The summed E-state index contributed by atoms with van der Waals surface area (Å²) < 4.78 is 0. The van der Waals surface area contributed by atoms with Gasteiger partial charge in [-0.15, -0.1) is 0 Å². The highest BCUT2D eigenvalue weighted by Crippen LogP contribution is 2.49. The zero-order valence-corrected chi connectivity index (χ0v) is 11.8. The second-order valence-corrected chi connectivity index (χ2v) is 5.56. The first-order valence-electron chi connectivity index (χ1n) is 7.27. The number of aromatic nitrogens is 1. The first-order valence-corrected chi connectivity index (χ1v) is 7.27. The quantitative estimate of drug-likeness (QED) is 0.828. The van der Waals surface area contributed by atoms with Crippen LogP contribution in [0.25, 0.3) is 0 Å². The third-order valence-corrected chi connectivity index (χ3v) is 4.25. The average Bonchev–Trinajstić information content (AvgIpc) is 3.31. The number of hydrogen-bond acceptors (Lipinski definition) is 2. The number of ketones is 1. The van der Waals surface area contributed by atoms with E-state index >= 15 is 0 Å². The number of carbonyl (C=O) groups excluding carboxylic acids is 1. The second-order valence-electron chi connectivity index (χ2n) is 5.56. The maximum atomic E-state index is 12.6. The summed E-state index contributed by atoms with van der Waals surface area (Å²) in [6.45, 7) is 2.11. The van der Waals surface area contributed by atoms with Crippen LogP contribution in [0, 0.1) is 0 Å². The van der Waals surface area contributed by atoms with Crippen LogP contribution < -0.4 is 0 Å². The van der Waals surface area contributed by atoms with Crippen molar-refractivity contribution < 1.29 is 4.79 Å². The van der Waals surface area contributed by atoms with Crippen LogP contribution in [0.4, 0.5) is 0 Å². The van der Waals surface area contributed by atoms with Crippen LogP contribution in [0.3, 0.4) is 0 Å². The van der Waals surface area contributed by atoms with Crippen molar-refractivity contribution in [3.05, 3.63) is 65.5 Å². The monoisotopic (exact) mass is 265 g/mol. The Morgan fingerprint density at radius 2 is 1.90 bits per heavy atom. The van der Waals surface area contributed by atoms with E-state index < -0.39 is 0 Å². The molecular formula is C18H19NO. The number of benzene rings is 1. The van der Waals surface area contributed by atoms with Gasteiger partial charge in [0.2, 0.25) is 0 Å². The molecule has 0 spiro atoms. The largest absolute Gasteiger partial charge is 0.298 e. The van der Waals surface area contributed by atoms with Gasteiger partial charge in [-0.2, -0.15) is 0 Å². The first-order chi connectivity index (χ1) is 9.74. The van der Waals surface area contributed by atoms with Crippen LogP contribution in [-0.2, 0) is 23.1 Å². The lowest BCUT2D eigenvalue weighted by Crippen LogP contribution is -2.22.